The van der Waals surface area contributed by atoms with Crippen molar-refractivity contribution in [2.75, 3.05) is 19.1 Å². The van der Waals surface area contributed by atoms with Crippen LogP contribution < -0.4 is 14.4 Å². The number of carbonyl (C=O) groups excluding carboxylic acids is 2. The van der Waals surface area contributed by atoms with E-state index in [0.29, 0.717) is 27.8 Å². The molecule has 3 aromatic rings. The summed E-state index contributed by atoms with van der Waals surface area (Å²) >= 11 is 1.33. The Bertz CT molecular complexity index is 1190. The minimum Gasteiger partial charge on any atom is -0.507 e. The number of rotatable bonds is 5. The first-order valence-corrected chi connectivity index (χ1v) is 10.7. The number of benzene rings is 2. The molecule has 0 saturated carbocycles. The molecule has 1 amide bonds. The van der Waals surface area contributed by atoms with Crippen molar-refractivity contribution in [2.24, 2.45) is 0 Å². The highest BCUT2D eigenvalue weighted by molar-refractivity contribution is 7.16. The summed E-state index contributed by atoms with van der Waals surface area (Å²) in [7, 11) is 3.11. The summed E-state index contributed by atoms with van der Waals surface area (Å²) in [5.74, 6) is -0.483. The number of anilines is 1. The van der Waals surface area contributed by atoms with Gasteiger partial charge in [0, 0.05) is 10.4 Å². The molecule has 0 spiro atoms. The summed E-state index contributed by atoms with van der Waals surface area (Å²) in [6.07, 6.45) is 0. The third kappa shape index (κ3) is 3.62. The van der Waals surface area contributed by atoms with Crippen LogP contribution in [0.1, 0.15) is 27.7 Å². The molecule has 0 unspecified atom stereocenters. The Labute approximate surface area is 189 Å². The number of hydrogen-bond donors (Lipinski definition) is 1. The first-order chi connectivity index (χ1) is 15.3. The number of aryl methyl sites for hydroxylation is 2. The Balaban J connectivity index is 1.91. The number of carbonyl (C=O) groups is 2. The number of thiazole rings is 1. The van der Waals surface area contributed by atoms with Crippen molar-refractivity contribution in [3.8, 4) is 11.5 Å². The van der Waals surface area contributed by atoms with Crippen molar-refractivity contribution < 1.29 is 24.2 Å². The number of amides is 1. The SMILES string of the molecule is COc1ccc(C(O)=C2C(=O)C(=O)N(c3nc(C)c(C)s3)[C@@H]2c2ccc(OC)cc2)cc1. The van der Waals surface area contributed by atoms with Gasteiger partial charge in [-0.2, -0.15) is 0 Å². The van der Waals surface area contributed by atoms with Gasteiger partial charge in [0.15, 0.2) is 5.13 Å². The van der Waals surface area contributed by atoms with Crippen molar-refractivity contribution in [1.29, 1.82) is 0 Å². The summed E-state index contributed by atoms with van der Waals surface area (Å²) in [5, 5.41) is 11.5. The summed E-state index contributed by atoms with van der Waals surface area (Å²) in [6.45, 7) is 3.76. The van der Waals surface area contributed by atoms with Gasteiger partial charge in [-0.1, -0.05) is 12.1 Å². The van der Waals surface area contributed by atoms with Crippen LogP contribution in [0.15, 0.2) is 54.1 Å². The molecule has 7 nitrogen and oxygen atoms in total. The Morgan fingerprint density at radius 3 is 2.03 bits per heavy atom. The molecule has 164 valence electrons. The predicted octanol–water partition coefficient (Wildman–Crippen LogP) is 4.40. The maximum absolute atomic E-state index is 13.1. The smallest absolute Gasteiger partial charge is 0.301 e. The van der Waals surface area contributed by atoms with Crippen LogP contribution >= 0.6 is 11.3 Å². The first kappa shape index (κ1) is 21.6. The average Bonchev–Trinajstić information content (AvgIpc) is 3.28. The molecule has 2 aromatic carbocycles. The van der Waals surface area contributed by atoms with E-state index in [4.69, 9.17) is 9.47 Å². The van der Waals surface area contributed by atoms with E-state index in [2.05, 4.69) is 4.98 Å². The molecule has 0 aliphatic carbocycles. The van der Waals surface area contributed by atoms with Gasteiger partial charge in [-0.3, -0.25) is 14.5 Å². The van der Waals surface area contributed by atoms with Crippen molar-refractivity contribution >= 4 is 33.9 Å². The fourth-order valence-corrected chi connectivity index (χ4v) is 4.53. The van der Waals surface area contributed by atoms with Crippen LogP contribution in [-0.2, 0) is 9.59 Å². The summed E-state index contributed by atoms with van der Waals surface area (Å²) < 4.78 is 10.4. The Hall–Kier alpha value is -3.65. The molecule has 0 radical (unpaired) electrons. The second-order valence-electron chi connectivity index (χ2n) is 7.31. The highest BCUT2D eigenvalue weighted by Gasteiger charge is 2.48. The van der Waals surface area contributed by atoms with Crippen LogP contribution in [0.5, 0.6) is 11.5 Å². The molecule has 32 heavy (non-hydrogen) atoms. The van der Waals surface area contributed by atoms with Crippen molar-refractivity contribution in [2.45, 2.75) is 19.9 Å². The van der Waals surface area contributed by atoms with Gasteiger partial charge in [0.2, 0.25) is 0 Å². The maximum Gasteiger partial charge on any atom is 0.301 e. The van der Waals surface area contributed by atoms with Crippen LogP contribution in [0.4, 0.5) is 5.13 Å². The largest absolute Gasteiger partial charge is 0.507 e. The normalized spacial score (nSPS) is 17.6. The Morgan fingerprint density at radius 1 is 0.969 bits per heavy atom. The summed E-state index contributed by atoms with van der Waals surface area (Å²) in [6, 6.07) is 12.9. The molecule has 1 aliphatic heterocycles. The van der Waals surface area contributed by atoms with Gasteiger partial charge < -0.3 is 14.6 Å². The molecule has 1 saturated heterocycles. The lowest BCUT2D eigenvalue weighted by Gasteiger charge is -2.23. The van der Waals surface area contributed by atoms with Gasteiger partial charge >= 0.3 is 5.91 Å². The standard InChI is InChI=1S/C24H22N2O5S/c1-13-14(2)32-24(25-13)26-20(15-5-9-17(30-3)10-6-15)19(22(28)23(26)29)21(27)16-7-11-18(31-4)12-8-16/h5-12,20,27H,1-4H3/t20-/m1/s1. The molecule has 1 atom stereocenters. The number of ether oxygens (including phenoxy) is 2. The fraction of sp³-hybridized carbons (Fsp3) is 0.208. The third-order valence-electron chi connectivity index (χ3n) is 5.46. The Kier molecular flexibility index (Phi) is 5.71. The molecule has 0 bridgehead atoms. The number of methoxy groups -OCH3 is 2. The number of aromatic nitrogens is 1. The van der Waals surface area contributed by atoms with E-state index in [0.717, 1.165) is 10.6 Å². The molecule has 2 heterocycles. The lowest BCUT2D eigenvalue weighted by molar-refractivity contribution is -0.132. The van der Waals surface area contributed by atoms with Crippen LogP contribution in [0.25, 0.3) is 5.76 Å². The van der Waals surface area contributed by atoms with Gasteiger partial charge in [-0.15, -0.1) is 11.3 Å². The molecule has 1 fully saturated rings. The minimum atomic E-state index is -0.826. The molecular weight excluding hydrogens is 428 g/mol. The lowest BCUT2D eigenvalue weighted by atomic mass is 9.95. The van der Waals surface area contributed by atoms with E-state index >= 15 is 0 Å². The fourth-order valence-electron chi connectivity index (χ4n) is 3.59. The minimum absolute atomic E-state index is 0.0100. The number of aliphatic hydroxyl groups is 1. The van der Waals surface area contributed by atoms with Gasteiger partial charge in [0.1, 0.15) is 17.3 Å². The number of hydrogen-bond acceptors (Lipinski definition) is 7. The quantitative estimate of drug-likeness (QED) is 0.352. The predicted molar refractivity (Wildman–Crippen MR) is 122 cm³/mol. The zero-order chi connectivity index (χ0) is 23.0. The van der Waals surface area contributed by atoms with Gasteiger partial charge in [-0.25, -0.2) is 4.98 Å². The van der Waals surface area contributed by atoms with Crippen LogP contribution in [0.2, 0.25) is 0 Å². The van der Waals surface area contributed by atoms with Crippen LogP contribution in [-0.4, -0.2) is 36.0 Å². The highest BCUT2D eigenvalue weighted by Crippen LogP contribution is 2.44. The van der Waals surface area contributed by atoms with Gasteiger partial charge in [0.25, 0.3) is 5.78 Å². The van der Waals surface area contributed by atoms with E-state index in [1.54, 1.807) is 62.8 Å². The molecule has 4 rings (SSSR count). The lowest BCUT2D eigenvalue weighted by Crippen LogP contribution is -2.29. The maximum atomic E-state index is 13.1. The Morgan fingerprint density at radius 2 is 1.53 bits per heavy atom. The third-order valence-corrected chi connectivity index (χ3v) is 6.53. The molecule has 1 aromatic heterocycles. The van der Waals surface area contributed by atoms with Crippen LogP contribution in [0, 0.1) is 13.8 Å². The number of nitrogens with zero attached hydrogens (tertiary/aromatic N) is 2. The zero-order valence-corrected chi connectivity index (χ0v) is 18.9. The van der Waals surface area contributed by atoms with Crippen molar-refractivity contribution in [1.82, 2.24) is 4.98 Å². The monoisotopic (exact) mass is 450 g/mol. The zero-order valence-electron chi connectivity index (χ0n) is 18.1. The second kappa shape index (κ2) is 8.47. The van der Waals surface area contributed by atoms with Gasteiger partial charge in [-0.05, 0) is 55.8 Å². The van der Waals surface area contributed by atoms with Crippen molar-refractivity contribution in [3.05, 3.63) is 75.8 Å². The number of Topliss-reactive ketones (excluding diaryl/α,β-unsaturated/α-hetero) is 1. The molecular formula is C24H22N2O5S. The summed E-state index contributed by atoms with van der Waals surface area (Å²) in [5.41, 5.74) is 1.87. The molecule has 1 aliphatic rings. The average molecular weight is 451 g/mol. The van der Waals surface area contributed by atoms with E-state index in [1.807, 2.05) is 13.8 Å². The van der Waals surface area contributed by atoms with Gasteiger partial charge in [0.05, 0.1) is 31.5 Å². The molecule has 1 N–H and O–H groups in total. The van der Waals surface area contributed by atoms with Crippen LogP contribution in [0.3, 0.4) is 0 Å². The summed E-state index contributed by atoms with van der Waals surface area (Å²) in [4.78, 5) is 33.1. The van der Waals surface area contributed by atoms with E-state index in [9.17, 15) is 14.7 Å². The van der Waals surface area contributed by atoms with Crippen molar-refractivity contribution in [3.63, 3.8) is 0 Å². The van der Waals surface area contributed by atoms with E-state index in [1.165, 1.54) is 16.2 Å². The number of aliphatic hydroxyl groups excluding tert-OH is 1. The first-order valence-electron chi connectivity index (χ1n) is 9.89. The molecule has 8 heteroatoms. The second-order valence-corrected chi connectivity index (χ2v) is 8.49. The van der Waals surface area contributed by atoms with E-state index in [-0.39, 0.29) is 11.3 Å². The number of ketones is 1. The highest BCUT2D eigenvalue weighted by atomic mass is 32.1. The topological polar surface area (TPSA) is 89.0 Å². The van der Waals surface area contributed by atoms with E-state index < -0.39 is 17.7 Å².